The number of rotatable bonds is 0. The Kier molecular flexibility index (Phi) is 3.40. The first-order valence-corrected chi connectivity index (χ1v) is 10.2. The van der Waals surface area contributed by atoms with Crippen LogP contribution in [0.4, 0.5) is 0 Å². The van der Waals surface area contributed by atoms with Gasteiger partial charge >= 0.3 is 0 Å². The van der Waals surface area contributed by atoms with Crippen molar-refractivity contribution in [1.82, 2.24) is 0 Å². The summed E-state index contributed by atoms with van der Waals surface area (Å²) < 4.78 is 6.53. The first-order chi connectivity index (χ1) is 11.6. The summed E-state index contributed by atoms with van der Waals surface area (Å²) in [5.74, 6) is 1.93. The predicted molar refractivity (Wildman–Crippen MR) is 94.7 cm³/mol. The largest absolute Gasteiger partial charge is 0.374 e. The molecular formula is C22H30O2. The minimum absolute atomic E-state index is 0.185. The highest BCUT2D eigenvalue weighted by molar-refractivity contribution is 5.93. The Hall–Kier alpha value is -0.890. The third-order valence-corrected chi connectivity index (χ3v) is 8.38. The van der Waals surface area contributed by atoms with Crippen molar-refractivity contribution in [3.8, 4) is 0 Å². The summed E-state index contributed by atoms with van der Waals surface area (Å²) in [5.41, 5.74) is 5.30. The minimum atomic E-state index is 0.185. The van der Waals surface area contributed by atoms with Crippen molar-refractivity contribution >= 4 is 5.78 Å². The van der Waals surface area contributed by atoms with Crippen molar-refractivity contribution < 1.29 is 9.53 Å². The van der Waals surface area contributed by atoms with E-state index in [9.17, 15) is 4.79 Å². The topological polar surface area (TPSA) is 26.3 Å². The molecule has 2 saturated carbocycles. The molecule has 1 saturated heterocycles. The molecule has 130 valence electrons. The maximum atomic E-state index is 11.8. The van der Waals surface area contributed by atoms with Crippen LogP contribution in [0.5, 0.6) is 0 Å². The zero-order valence-corrected chi connectivity index (χ0v) is 15.0. The minimum Gasteiger partial charge on any atom is -0.374 e. The smallest absolute Gasteiger partial charge is 0.156 e. The number of fused-ring (bicyclic) bond motifs is 5. The van der Waals surface area contributed by atoms with E-state index in [1.165, 1.54) is 56.9 Å². The number of carbonyl (C=O) groups excluding carboxylic acids is 1. The fraction of sp³-hybridized carbons (Fsp3) is 0.773. The lowest BCUT2D eigenvalue weighted by Crippen LogP contribution is -2.52. The fourth-order valence-electron chi connectivity index (χ4n) is 7.12. The number of carbonyl (C=O) groups is 1. The summed E-state index contributed by atoms with van der Waals surface area (Å²) in [6, 6.07) is 0. The highest BCUT2D eigenvalue weighted by atomic mass is 16.5. The Bertz CT molecular complexity index is 634. The summed E-state index contributed by atoms with van der Waals surface area (Å²) in [5, 5.41) is 0. The molecule has 1 heterocycles. The molecule has 0 aromatic carbocycles. The van der Waals surface area contributed by atoms with Crippen LogP contribution in [0.15, 0.2) is 22.8 Å². The highest BCUT2D eigenvalue weighted by Crippen LogP contribution is 2.66. The lowest BCUT2D eigenvalue weighted by Gasteiger charge is -2.54. The molecule has 4 atom stereocenters. The van der Waals surface area contributed by atoms with Crippen molar-refractivity contribution in [2.45, 2.75) is 83.2 Å². The molecule has 0 aromatic heterocycles. The molecule has 0 aromatic rings. The van der Waals surface area contributed by atoms with E-state index in [0.29, 0.717) is 11.2 Å². The fourth-order valence-corrected chi connectivity index (χ4v) is 7.12. The Labute approximate surface area is 145 Å². The second-order valence-corrected chi connectivity index (χ2v) is 9.15. The van der Waals surface area contributed by atoms with E-state index in [4.69, 9.17) is 4.74 Å². The maximum absolute atomic E-state index is 11.8. The first kappa shape index (κ1) is 15.4. The van der Waals surface area contributed by atoms with Gasteiger partial charge < -0.3 is 4.74 Å². The molecule has 1 spiro atoms. The van der Waals surface area contributed by atoms with Gasteiger partial charge in [-0.05, 0) is 93.3 Å². The lowest BCUT2D eigenvalue weighted by molar-refractivity contribution is -0.159. The van der Waals surface area contributed by atoms with Crippen LogP contribution in [0.3, 0.4) is 0 Å². The number of hydrogen-bond acceptors (Lipinski definition) is 2. The van der Waals surface area contributed by atoms with Gasteiger partial charge in [0.05, 0.1) is 5.60 Å². The van der Waals surface area contributed by atoms with E-state index >= 15 is 0 Å². The zero-order chi connectivity index (χ0) is 16.4. The summed E-state index contributed by atoms with van der Waals surface area (Å²) in [6.45, 7) is 3.54. The number of ether oxygens (including phenoxy) is 1. The first-order valence-electron chi connectivity index (χ1n) is 10.2. The molecule has 2 heteroatoms. The molecule has 5 rings (SSSR count). The van der Waals surface area contributed by atoms with Crippen LogP contribution >= 0.6 is 0 Å². The lowest BCUT2D eigenvalue weighted by atomic mass is 9.54. The highest BCUT2D eigenvalue weighted by Gasteiger charge is 2.62. The van der Waals surface area contributed by atoms with Crippen molar-refractivity contribution in [3.05, 3.63) is 22.8 Å². The zero-order valence-electron chi connectivity index (χ0n) is 15.0. The van der Waals surface area contributed by atoms with Crippen molar-refractivity contribution in [2.75, 3.05) is 6.61 Å². The summed E-state index contributed by atoms with van der Waals surface area (Å²) in [6.07, 6.45) is 15.2. The van der Waals surface area contributed by atoms with Crippen LogP contribution in [-0.2, 0) is 9.53 Å². The van der Waals surface area contributed by atoms with Gasteiger partial charge in [-0.15, -0.1) is 0 Å². The van der Waals surface area contributed by atoms with Gasteiger partial charge in [0.15, 0.2) is 5.78 Å². The molecule has 5 aliphatic rings. The monoisotopic (exact) mass is 326 g/mol. The van der Waals surface area contributed by atoms with Gasteiger partial charge in [0, 0.05) is 18.4 Å². The summed E-state index contributed by atoms with van der Waals surface area (Å²) in [4.78, 5) is 11.8. The molecule has 0 radical (unpaired) electrons. The van der Waals surface area contributed by atoms with E-state index in [1.807, 2.05) is 6.08 Å². The van der Waals surface area contributed by atoms with Gasteiger partial charge in [-0.25, -0.2) is 0 Å². The van der Waals surface area contributed by atoms with Crippen LogP contribution in [0.2, 0.25) is 0 Å². The Morgan fingerprint density at radius 1 is 1.04 bits per heavy atom. The number of hydrogen-bond donors (Lipinski definition) is 0. The Morgan fingerprint density at radius 2 is 1.96 bits per heavy atom. The normalized spacial score (nSPS) is 44.9. The summed E-state index contributed by atoms with van der Waals surface area (Å²) >= 11 is 0. The second kappa shape index (κ2) is 5.30. The molecule has 1 unspecified atom stereocenters. The molecular weight excluding hydrogens is 296 g/mol. The van der Waals surface area contributed by atoms with E-state index in [1.54, 1.807) is 11.1 Å². The predicted octanol–water partition coefficient (Wildman–Crippen LogP) is 5.13. The van der Waals surface area contributed by atoms with Crippen LogP contribution in [0.25, 0.3) is 0 Å². The second-order valence-electron chi connectivity index (χ2n) is 9.15. The van der Waals surface area contributed by atoms with Crippen LogP contribution in [0.1, 0.15) is 77.6 Å². The third-order valence-electron chi connectivity index (χ3n) is 8.38. The quantitative estimate of drug-likeness (QED) is 0.617. The van der Waals surface area contributed by atoms with Crippen molar-refractivity contribution in [3.63, 3.8) is 0 Å². The van der Waals surface area contributed by atoms with E-state index in [0.717, 1.165) is 37.7 Å². The molecule has 0 bridgehead atoms. The SMILES string of the molecule is C[C@]12CCC3=C4CCC(=O)C=C4CC[C@H]3[C@@H]1CCC21CCCCO1. The molecule has 2 nitrogen and oxygen atoms in total. The Morgan fingerprint density at radius 3 is 2.79 bits per heavy atom. The molecule has 1 aliphatic heterocycles. The Balaban J connectivity index is 1.52. The number of ketones is 1. The van der Waals surface area contributed by atoms with Gasteiger partial charge in [-0.2, -0.15) is 0 Å². The average Bonchev–Trinajstić information content (AvgIpc) is 2.87. The van der Waals surface area contributed by atoms with E-state index < -0.39 is 0 Å². The molecule has 0 amide bonds. The van der Waals surface area contributed by atoms with E-state index in [-0.39, 0.29) is 5.60 Å². The van der Waals surface area contributed by atoms with E-state index in [2.05, 4.69) is 6.92 Å². The van der Waals surface area contributed by atoms with Gasteiger partial charge in [0.1, 0.15) is 0 Å². The molecule has 3 fully saturated rings. The van der Waals surface area contributed by atoms with Gasteiger partial charge in [0.25, 0.3) is 0 Å². The maximum Gasteiger partial charge on any atom is 0.156 e. The standard InChI is InChI=1S/C22H30O2/c1-21-11-8-18-17-7-5-16(23)14-15(17)4-6-19(18)20(21)9-12-22(21)10-2-3-13-24-22/h14,19-20H,2-13H2,1H3/t19-,20+,21+,22?/m1/s1. The molecule has 4 aliphatic carbocycles. The van der Waals surface area contributed by atoms with Gasteiger partial charge in [0.2, 0.25) is 0 Å². The average molecular weight is 326 g/mol. The van der Waals surface area contributed by atoms with Crippen LogP contribution in [-0.4, -0.2) is 18.0 Å². The van der Waals surface area contributed by atoms with Crippen molar-refractivity contribution in [1.29, 1.82) is 0 Å². The van der Waals surface area contributed by atoms with Gasteiger partial charge in [-0.3, -0.25) is 4.79 Å². The molecule has 24 heavy (non-hydrogen) atoms. The summed E-state index contributed by atoms with van der Waals surface area (Å²) in [7, 11) is 0. The van der Waals surface area contributed by atoms with Crippen LogP contribution in [0, 0.1) is 17.3 Å². The van der Waals surface area contributed by atoms with Gasteiger partial charge in [-0.1, -0.05) is 12.5 Å². The molecule has 0 N–H and O–H groups in total. The van der Waals surface area contributed by atoms with Crippen LogP contribution < -0.4 is 0 Å². The number of allylic oxidation sites excluding steroid dienone is 4. The third kappa shape index (κ3) is 1.95. The van der Waals surface area contributed by atoms with Crippen molar-refractivity contribution in [2.24, 2.45) is 17.3 Å².